The highest BCUT2D eigenvalue weighted by molar-refractivity contribution is 5.77. The lowest BCUT2D eigenvalue weighted by atomic mass is 9.95. The van der Waals surface area contributed by atoms with Gasteiger partial charge in [0.15, 0.2) is 0 Å². The van der Waals surface area contributed by atoms with Crippen molar-refractivity contribution in [1.82, 2.24) is 19.8 Å². The molecule has 2 saturated heterocycles. The minimum atomic E-state index is 0.0841. The van der Waals surface area contributed by atoms with E-state index in [0.717, 1.165) is 70.7 Å². The number of rotatable bonds is 5. The molecule has 148 valence electrons. The van der Waals surface area contributed by atoms with Gasteiger partial charge in [-0.15, -0.1) is 0 Å². The van der Waals surface area contributed by atoms with E-state index in [0.29, 0.717) is 12.5 Å². The van der Waals surface area contributed by atoms with Gasteiger partial charge >= 0.3 is 0 Å². The van der Waals surface area contributed by atoms with E-state index in [-0.39, 0.29) is 18.6 Å². The van der Waals surface area contributed by atoms with Gasteiger partial charge in [0, 0.05) is 62.6 Å². The molecule has 7 nitrogen and oxygen atoms in total. The first kappa shape index (κ1) is 18.8. The van der Waals surface area contributed by atoms with Crippen LogP contribution in [0.3, 0.4) is 0 Å². The Morgan fingerprint density at radius 1 is 1.30 bits per heavy atom. The number of amides is 1. The summed E-state index contributed by atoms with van der Waals surface area (Å²) in [4.78, 5) is 26.1. The van der Waals surface area contributed by atoms with Crippen molar-refractivity contribution in [2.45, 2.75) is 50.7 Å². The zero-order valence-corrected chi connectivity index (χ0v) is 16.2. The minimum Gasteiger partial charge on any atom is -0.376 e. The number of likely N-dealkylation sites (N-methyl/N-ethyl adjacent to an activating group) is 1. The van der Waals surface area contributed by atoms with E-state index in [4.69, 9.17) is 14.5 Å². The Balaban J connectivity index is 1.24. The third-order valence-corrected chi connectivity index (χ3v) is 5.91. The van der Waals surface area contributed by atoms with E-state index in [2.05, 4.69) is 16.9 Å². The van der Waals surface area contributed by atoms with Gasteiger partial charge in [0.1, 0.15) is 12.4 Å². The summed E-state index contributed by atoms with van der Waals surface area (Å²) in [5, 5.41) is 0. The normalized spacial score (nSPS) is 24.2. The van der Waals surface area contributed by atoms with Gasteiger partial charge in [-0.1, -0.05) is 0 Å². The first-order valence-electron chi connectivity index (χ1n) is 10.2. The largest absolute Gasteiger partial charge is 0.376 e. The van der Waals surface area contributed by atoms with Gasteiger partial charge in [-0.3, -0.25) is 4.79 Å². The zero-order valence-electron chi connectivity index (χ0n) is 16.2. The van der Waals surface area contributed by atoms with Crippen molar-refractivity contribution < 1.29 is 14.3 Å². The van der Waals surface area contributed by atoms with Gasteiger partial charge in [-0.05, 0) is 32.7 Å². The van der Waals surface area contributed by atoms with Gasteiger partial charge in [0.2, 0.25) is 5.91 Å². The van der Waals surface area contributed by atoms with E-state index in [1.165, 1.54) is 11.3 Å². The molecule has 4 heterocycles. The molecular formula is C20H30N4O3. The van der Waals surface area contributed by atoms with Crippen molar-refractivity contribution in [3.05, 3.63) is 23.3 Å². The molecule has 0 aliphatic carbocycles. The molecule has 1 atom stereocenters. The predicted octanol–water partition coefficient (Wildman–Crippen LogP) is 1.37. The average Bonchev–Trinajstić information content (AvgIpc) is 3.21. The summed E-state index contributed by atoms with van der Waals surface area (Å²) in [6, 6.07) is 0. The number of fused-ring (bicyclic) bond motifs is 1. The molecule has 0 radical (unpaired) electrons. The van der Waals surface area contributed by atoms with Crippen LogP contribution in [0.4, 0.5) is 0 Å². The zero-order chi connectivity index (χ0) is 18.6. The maximum absolute atomic E-state index is 12.4. The fourth-order valence-corrected chi connectivity index (χ4v) is 4.20. The van der Waals surface area contributed by atoms with Crippen molar-refractivity contribution in [3.63, 3.8) is 0 Å². The number of hydrogen-bond acceptors (Lipinski definition) is 6. The second-order valence-electron chi connectivity index (χ2n) is 7.99. The number of nitrogens with zero attached hydrogens (tertiary/aromatic N) is 4. The number of piperidine rings is 1. The second-order valence-corrected chi connectivity index (χ2v) is 7.99. The van der Waals surface area contributed by atoms with Crippen molar-refractivity contribution >= 4 is 5.91 Å². The molecular weight excluding hydrogens is 344 g/mol. The van der Waals surface area contributed by atoms with Gasteiger partial charge in [0.25, 0.3) is 0 Å². The van der Waals surface area contributed by atoms with Crippen LogP contribution in [0.1, 0.15) is 48.7 Å². The average molecular weight is 374 g/mol. The number of aromatic nitrogens is 2. The molecule has 7 heteroatoms. The smallest absolute Gasteiger partial charge is 0.248 e. The van der Waals surface area contributed by atoms with E-state index >= 15 is 0 Å². The van der Waals surface area contributed by atoms with Crippen LogP contribution < -0.4 is 0 Å². The summed E-state index contributed by atoms with van der Waals surface area (Å²) in [6.45, 7) is 5.02. The maximum atomic E-state index is 12.4. The Hall–Kier alpha value is -1.57. The molecule has 1 unspecified atom stereocenters. The van der Waals surface area contributed by atoms with Crippen molar-refractivity contribution in [1.29, 1.82) is 0 Å². The van der Waals surface area contributed by atoms with E-state index in [1.807, 2.05) is 11.1 Å². The van der Waals surface area contributed by atoms with Crippen LogP contribution in [-0.2, 0) is 27.2 Å². The fourth-order valence-electron chi connectivity index (χ4n) is 4.20. The van der Waals surface area contributed by atoms with Crippen molar-refractivity contribution in [3.8, 4) is 0 Å². The van der Waals surface area contributed by atoms with E-state index in [1.54, 1.807) is 0 Å². The lowest BCUT2D eigenvalue weighted by Gasteiger charge is -2.32. The van der Waals surface area contributed by atoms with Crippen LogP contribution >= 0.6 is 0 Å². The number of likely N-dealkylation sites (tertiary alicyclic amines) is 1. The van der Waals surface area contributed by atoms with Crippen LogP contribution in [0.15, 0.2) is 6.20 Å². The molecule has 0 N–H and O–H groups in total. The Kier molecular flexibility index (Phi) is 6.00. The lowest BCUT2D eigenvalue weighted by Crippen LogP contribution is -2.40. The van der Waals surface area contributed by atoms with Gasteiger partial charge in [-0.25, -0.2) is 9.97 Å². The van der Waals surface area contributed by atoms with Crippen LogP contribution in [0, 0.1) is 0 Å². The molecule has 3 aliphatic rings. The van der Waals surface area contributed by atoms with Crippen molar-refractivity contribution in [2.75, 3.05) is 46.5 Å². The van der Waals surface area contributed by atoms with Crippen molar-refractivity contribution in [2.24, 2.45) is 0 Å². The second kappa shape index (κ2) is 8.63. The Morgan fingerprint density at radius 3 is 2.93 bits per heavy atom. The molecule has 4 rings (SSSR count). The van der Waals surface area contributed by atoms with E-state index in [9.17, 15) is 4.79 Å². The molecule has 0 spiro atoms. The first-order valence-corrected chi connectivity index (χ1v) is 10.2. The predicted molar refractivity (Wildman–Crippen MR) is 100 cm³/mol. The minimum absolute atomic E-state index is 0.0841. The number of carbonyl (C=O) groups is 1. The summed E-state index contributed by atoms with van der Waals surface area (Å²) < 4.78 is 11.1. The highest BCUT2D eigenvalue weighted by atomic mass is 16.5. The Morgan fingerprint density at radius 2 is 2.15 bits per heavy atom. The highest BCUT2D eigenvalue weighted by Crippen LogP contribution is 2.27. The third-order valence-electron chi connectivity index (χ3n) is 5.91. The standard InChI is InChI=1S/C20H30N4O3/c1-23-7-6-18-16(12-23)11-21-20(22-18)15-4-8-24(9-5-15)19(25)14-26-13-17-3-2-10-27-17/h11,15,17H,2-10,12-14H2,1H3. The van der Waals surface area contributed by atoms with E-state index < -0.39 is 0 Å². The molecule has 3 aliphatic heterocycles. The number of ether oxygens (including phenoxy) is 2. The summed E-state index contributed by atoms with van der Waals surface area (Å²) >= 11 is 0. The summed E-state index contributed by atoms with van der Waals surface area (Å²) in [6.07, 6.45) is 7.16. The first-order chi connectivity index (χ1) is 13.2. The van der Waals surface area contributed by atoms with Crippen LogP contribution in [-0.4, -0.2) is 78.3 Å². The van der Waals surface area contributed by atoms with Gasteiger partial charge in [-0.2, -0.15) is 0 Å². The monoisotopic (exact) mass is 374 g/mol. The number of carbonyl (C=O) groups excluding carboxylic acids is 1. The molecule has 0 bridgehead atoms. The SMILES string of the molecule is CN1CCc2nc(C3CCN(C(=O)COCC4CCCO4)CC3)ncc2C1. The van der Waals surface area contributed by atoms with Crippen LogP contribution in [0.5, 0.6) is 0 Å². The Labute approximate surface area is 161 Å². The van der Waals surface area contributed by atoms with Crippen LogP contribution in [0.25, 0.3) is 0 Å². The highest BCUT2D eigenvalue weighted by Gasteiger charge is 2.27. The molecule has 1 amide bonds. The van der Waals surface area contributed by atoms with Gasteiger partial charge < -0.3 is 19.3 Å². The maximum Gasteiger partial charge on any atom is 0.248 e. The topological polar surface area (TPSA) is 67.8 Å². The molecule has 0 saturated carbocycles. The van der Waals surface area contributed by atoms with Gasteiger partial charge in [0.05, 0.1) is 12.7 Å². The lowest BCUT2D eigenvalue weighted by molar-refractivity contribution is -0.138. The Bertz CT molecular complexity index is 655. The summed E-state index contributed by atoms with van der Waals surface area (Å²) in [5.74, 6) is 1.40. The third kappa shape index (κ3) is 4.65. The molecule has 27 heavy (non-hydrogen) atoms. The summed E-state index contributed by atoms with van der Waals surface area (Å²) in [7, 11) is 2.13. The molecule has 1 aromatic rings. The molecule has 2 fully saturated rings. The molecule has 1 aromatic heterocycles. The molecule has 0 aromatic carbocycles. The van der Waals surface area contributed by atoms with Crippen LogP contribution in [0.2, 0.25) is 0 Å². The quantitative estimate of drug-likeness (QED) is 0.775. The number of hydrogen-bond donors (Lipinski definition) is 0. The fraction of sp³-hybridized carbons (Fsp3) is 0.750. The summed E-state index contributed by atoms with van der Waals surface area (Å²) in [5.41, 5.74) is 2.46.